The van der Waals surface area contributed by atoms with Gasteiger partial charge in [0, 0.05) is 37.9 Å². The van der Waals surface area contributed by atoms with E-state index in [2.05, 4.69) is 20.9 Å². The van der Waals surface area contributed by atoms with Gasteiger partial charge < -0.3 is 20.9 Å². The van der Waals surface area contributed by atoms with Crippen molar-refractivity contribution in [2.24, 2.45) is 5.92 Å². The average molecular weight is 475 g/mol. The van der Waals surface area contributed by atoms with Gasteiger partial charge in [-0.3, -0.25) is 0 Å². The molecule has 1 saturated carbocycles. The summed E-state index contributed by atoms with van der Waals surface area (Å²) in [5.41, 5.74) is 2.95. The standard InChI is InChI=1S/C24H32ClFN6O/c1-32(2)22-18-5-3-4-6-21(18)30-23(31-22)28-16-9-7-15(8-10-16)14-27-24(33)29-17-11-12-20(26)19(25)13-17/h11-13,15-16H,3-10,14H2,1-2H3,(H2,27,29,33)(H,28,30,31)/t15-,16+. The fourth-order valence-corrected chi connectivity index (χ4v) is 4.87. The lowest BCUT2D eigenvalue weighted by atomic mass is 9.86. The number of carbonyl (C=O) groups is 1. The molecular weight excluding hydrogens is 443 g/mol. The van der Waals surface area contributed by atoms with Crippen LogP contribution in [0.5, 0.6) is 0 Å². The molecule has 1 aromatic heterocycles. The minimum absolute atomic E-state index is 0.0146. The number of anilines is 3. The van der Waals surface area contributed by atoms with Crippen LogP contribution in [0.15, 0.2) is 18.2 Å². The van der Waals surface area contributed by atoms with Gasteiger partial charge in [0.15, 0.2) is 0 Å². The van der Waals surface area contributed by atoms with Crippen molar-refractivity contribution in [1.29, 1.82) is 0 Å². The van der Waals surface area contributed by atoms with Gasteiger partial charge in [0.1, 0.15) is 11.6 Å². The molecule has 0 saturated heterocycles. The number of nitrogens with one attached hydrogen (secondary N) is 3. The molecule has 0 atom stereocenters. The summed E-state index contributed by atoms with van der Waals surface area (Å²) >= 11 is 5.76. The summed E-state index contributed by atoms with van der Waals surface area (Å²) in [6, 6.07) is 4.16. The quantitative estimate of drug-likeness (QED) is 0.548. The largest absolute Gasteiger partial charge is 0.362 e. The number of hydrogen-bond acceptors (Lipinski definition) is 5. The second-order valence-electron chi connectivity index (χ2n) is 9.22. The highest BCUT2D eigenvalue weighted by Gasteiger charge is 2.24. The van der Waals surface area contributed by atoms with Gasteiger partial charge in [0.05, 0.1) is 10.7 Å². The molecule has 2 aromatic rings. The third-order valence-electron chi connectivity index (χ3n) is 6.49. The maximum atomic E-state index is 13.3. The van der Waals surface area contributed by atoms with E-state index >= 15 is 0 Å². The lowest BCUT2D eigenvalue weighted by Crippen LogP contribution is -2.36. The van der Waals surface area contributed by atoms with Crippen LogP contribution >= 0.6 is 11.6 Å². The Morgan fingerprint density at radius 2 is 1.91 bits per heavy atom. The van der Waals surface area contributed by atoms with Crippen LogP contribution in [-0.2, 0) is 12.8 Å². The Hall–Kier alpha value is -2.61. The van der Waals surface area contributed by atoms with E-state index < -0.39 is 5.82 Å². The number of fused-ring (bicyclic) bond motifs is 1. The molecule has 3 N–H and O–H groups in total. The normalized spacial score (nSPS) is 20.0. The van der Waals surface area contributed by atoms with E-state index in [9.17, 15) is 9.18 Å². The fraction of sp³-hybridized carbons (Fsp3) is 0.542. The molecule has 0 radical (unpaired) electrons. The number of urea groups is 1. The second-order valence-corrected chi connectivity index (χ2v) is 9.63. The predicted octanol–water partition coefficient (Wildman–Crippen LogP) is 5.01. The fourth-order valence-electron chi connectivity index (χ4n) is 4.69. The minimum Gasteiger partial charge on any atom is -0.362 e. The zero-order chi connectivity index (χ0) is 23.4. The number of benzene rings is 1. The summed E-state index contributed by atoms with van der Waals surface area (Å²) in [5, 5.41) is 9.16. The van der Waals surface area contributed by atoms with Gasteiger partial charge in [0.2, 0.25) is 5.95 Å². The zero-order valence-corrected chi connectivity index (χ0v) is 20.0. The van der Waals surface area contributed by atoms with Crippen molar-refractivity contribution < 1.29 is 9.18 Å². The van der Waals surface area contributed by atoms with Crippen molar-refractivity contribution in [3.63, 3.8) is 0 Å². The second kappa shape index (κ2) is 10.5. The van der Waals surface area contributed by atoms with Gasteiger partial charge in [-0.2, -0.15) is 4.98 Å². The van der Waals surface area contributed by atoms with Crippen LogP contribution in [0.2, 0.25) is 5.02 Å². The van der Waals surface area contributed by atoms with Gasteiger partial charge in [-0.05, 0) is 75.5 Å². The summed E-state index contributed by atoms with van der Waals surface area (Å²) in [5.74, 6) is 1.69. The molecule has 7 nitrogen and oxygen atoms in total. The Balaban J connectivity index is 1.25. The first kappa shape index (κ1) is 23.5. The number of halogens is 2. The van der Waals surface area contributed by atoms with Crippen LogP contribution in [0.1, 0.15) is 49.8 Å². The highest BCUT2D eigenvalue weighted by atomic mass is 35.5. The number of rotatable bonds is 6. The molecular formula is C24H32ClFN6O. The van der Waals surface area contributed by atoms with Crippen molar-refractivity contribution in [1.82, 2.24) is 15.3 Å². The van der Waals surface area contributed by atoms with E-state index in [-0.39, 0.29) is 11.1 Å². The van der Waals surface area contributed by atoms with Crippen LogP contribution in [0.4, 0.5) is 26.6 Å². The first-order valence-corrected chi connectivity index (χ1v) is 12.1. The van der Waals surface area contributed by atoms with E-state index in [0.29, 0.717) is 24.2 Å². The molecule has 178 valence electrons. The third kappa shape index (κ3) is 6.05. The number of aromatic nitrogens is 2. The molecule has 2 aliphatic rings. The Bertz CT molecular complexity index is 993. The van der Waals surface area contributed by atoms with Crippen LogP contribution in [0.3, 0.4) is 0 Å². The Morgan fingerprint density at radius 3 is 2.64 bits per heavy atom. The zero-order valence-electron chi connectivity index (χ0n) is 19.3. The summed E-state index contributed by atoms with van der Waals surface area (Å²) in [4.78, 5) is 23.9. The summed E-state index contributed by atoms with van der Waals surface area (Å²) in [6.07, 6.45) is 8.55. The predicted molar refractivity (Wildman–Crippen MR) is 131 cm³/mol. The number of hydrogen-bond donors (Lipinski definition) is 3. The monoisotopic (exact) mass is 474 g/mol. The first-order chi connectivity index (χ1) is 15.9. The lowest BCUT2D eigenvalue weighted by molar-refractivity contribution is 0.246. The summed E-state index contributed by atoms with van der Waals surface area (Å²) in [6.45, 7) is 0.605. The van der Waals surface area contributed by atoms with Crippen LogP contribution in [-0.4, -0.2) is 42.7 Å². The van der Waals surface area contributed by atoms with E-state index in [1.165, 1.54) is 42.3 Å². The molecule has 0 spiro atoms. The molecule has 9 heteroatoms. The average Bonchev–Trinajstić information content (AvgIpc) is 2.80. The van der Waals surface area contributed by atoms with Crippen molar-refractivity contribution in [2.45, 2.75) is 57.4 Å². The van der Waals surface area contributed by atoms with Crippen LogP contribution < -0.4 is 20.9 Å². The van der Waals surface area contributed by atoms with Gasteiger partial charge >= 0.3 is 6.03 Å². The molecule has 1 fully saturated rings. The van der Waals surface area contributed by atoms with E-state index in [1.54, 1.807) is 0 Å². The minimum atomic E-state index is -0.508. The van der Waals surface area contributed by atoms with Gasteiger partial charge in [-0.15, -0.1) is 0 Å². The maximum absolute atomic E-state index is 13.3. The van der Waals surface area contributed by atoms with Crippen LogP contribution in [0.25, 0.3) is 0 Å². The molecule has 2 amide bonds. The molecule has 2 aliphatic carbocycles. The number of amides is 2. The summed E-state index contributed by atoms with van der Waals surface area (Å²) in [7, 11) is 4.08. The third-order valence-corrected chi connectivity index (χ3v) is 6.78. The van der Waals surface area contributed by atoms with E-state index in [1.807, 2.05) is 14.1 Å². The Morgan fingerprint density at radius 1 is 1.15 bits per heavy atom. The van der Waals surface area contributed by atoms with E-state index in [4.69, 9.17) is 21.6 Å². The van der Waals surface area contributed by atoms with Gasteiger partial charge in [0.25, 0.3) is 0 Å². The van der Waals surface area contributed by atoms with Crippen molar-refractivity contribution >= 4 is 35.1 Å². The Kier molecular flexibility index (Phi) is 7.53. The highest BCUT2D eigenvalue weighted by molar-refractivity contribution is 6.31. The topological polar surface area (TPSA) is 82.2 Å². The number of carbonyl (C=O) groups excluding carboxylic acids is 1. The molecule has 1 heterocycles. The first-order valence-electron chi connectivity index (χ1n) is 11.7. The molecule has 4 rings (SSSR count). The molecule has 0 unspecified atom stereocenters. The number of nitrogens with zero attached hydrogens (tertiary/aromatic N) is 3. The number of aryl methyl sites for hydroxylation is 1. The summed E-state index contributed by atoms with van der Waals surface area (Å²) < 4.78 is 13.3. The molecule has 1 aromatic carbocycles. The maximum Gasteiger partial charge on any atom is 0.319 e. The van der Waals surface area contributed by atoms with Crippen molar-refractivity contribution in [3.05, 3.63) is 40.3 Å². The highest BCUT2D eigenvalue weighted by Crippen LogP contribution is 2.30. The van der Waals surface area contributed by atoms with Crippen molar-refractivity contribution in [3.8, 4) is 0 Å². The lowest BCUT2D eigenvalue weighted by Gasteiger charge is -2.30. The molecule has 33 heavy (non-hydrogen) atoms. The SMILES string of the molecule is CN(C)c1nc(N[C@H]2CC[C@@H](CNC(=O)Nc3ccc(F)c(Cl)c3)CC2)nc2c1CCCC2. The Labute approximate surface area is 199 Å². The molecule has 0 bridgehead atoms. The van der Waals surface area contributed by atoms with Gasteiger partial charge in [-0.1, -0.05) is 11.6 Å². The molecule has 0 aliphatic heterocycles. The van der Waals surface area contributed by atoms with Crippen molar-refractivity contribution in [2.75, 3.05) is 36.2 Å². The van der Waals surface area contributed by atoms with Crippen LogP contribution in [0, 0.1) is 11.7 Å². The smallest absolute Gasteiger partial charge is 0.319 e. The van der Waals surface area contributed by atoms with Gasteiger partial charge in [-0.25, -0.2) is 14.2 Å². The van der Waals surface area contributed by atoms with E-state index in [0.717, 1.165) is 50.3 Å².